The average Bonchev–Trinajstić information content (AvgIpc) is 4.03. The van der Waals surface area contributed by atoms with Crippen LogP contribution in [-0.2, 0) is 33.4 Å². The van der Waals surface area contributed by atoms with Crippen LogP contribution in [0.25, 0.3) is 16.5 Å². The van der Waals surface area contributed by atoms with Crippen LogP contribution in [0.4, 0.5) is 0 Å². The number of piperidine rings is 1. The fraction of sp³-hybridized carbons (Fsp3) is 0.500. The molecule has 5 N–H and O–H groups in total. The molecule has 18 nitrogen and oxygen atoms in total. The molecular weight excluding hydrogens is 977 g/mol. The maximum Gasteiger partial charge on any atom is 0.253 e. The monoisotopic (exact) mass is 1050 g/mol. The molecule has 2 aromatic heterocycles. The zero-order chi connectivity index (χ0) is 53.7. The van der Waals surface area contributed by atoms with E-state index in [0.29, 0.717) is 36.7 Å². The molecule has 0 spiro atoms. The molecule has 0 radical (unpaired) electrons. The van der Waals surface area contributed by atoms with E-state index in [0.717, 1.165) is 59.4 Å². The summed E-state index contributed by atoms with van der Waals surface area (Å²) in [5.74, 6) is -1.25. The molecule has 2 aliphatic heterocycles. The fourth-order valence-corrected chi connectivity index (χ4v) is 9.82. The topological polar surface area (TPSA) is 231 Å². The Hall–Kier alpha value is -6.38. The predicted octanol–water partition coefficient (Wildman–Crippen LogP) is 5.52. The minimum absolute atomic E-state index is 0.0365. The van der Waals surface area contributed by atoms with Crippen molar-refractivity contribution in [2.24, 2.45) is 11.3 Å². The van der Waals surface area contributed by atoms with Gasteiger partial charge < -0.3 is 50.4 Å². The lowest BCUT2D eigenvalue weighted by Gasteiger charge is -2.35. The van der Waals surface area contributed by atoms with Crippen LogP contribution in [0.2, 0.25) is 0 Å². The first kappa shape index (κ1) is 57.9. The van der Waals surface area contributed by atoms with Crippen LogP contribution in [-0.4, -0.2) is 151 Å². The summed E-state index contributed by atoms with van der Waals surface area (Å²) in [4.78, 5) is 91.4. The van der Waals surface area contributed by atoms with Crippen LogP contribution in [0.1, 0.15) is 110 Å². The van der Waals surface area contributed by atoms with Crippen LogP contribution in [0.3, 0.4) is 0 Å². The number of hydrogen-bond donors (Lipinski definition) is 5. The molecule has 2 aromatic carbocycles. The Morgan fingerprint density at radius 1 is 0.853 bits per heavy atom. The third-order valence-corrected chi connectivity index (χ3v) is 14.3. The van der Waals surface area contributed by atoms with Crippen LogP contribution in [0.15, 0.2) is 84.6 Å². The molecule has 2 saturated heterocycles. The summed E-state index contributed by atoms with van der Waals surface area (Å²) < 4.78 is 16.7. The average molecular weight is 1050 g/mol. The van der Waals surface area contributed by atoms with Gasteiger partial charge in [-0.15, -0.1) is 11.3 Å². The number of likely N-dealkylation sites (tertiary alicyclic amines) is 2. The number of rotatable bonds is 26. The van der Waals surface area contributed by atoms with Gasteiger partial charge in [-0.2, -0.15) is 0 Å². The maximum atomic E-state index is 14.0. The number of aryl methyl sites for hydroxylation is 1. The summed E-state index contributed by atoms with van der Waals surface area (Å²) in [5, 5.41) is 22.2. The number of unbranched alkanes of at least 4 members (excludes halogenated alkanes) is 1. The molecule has 0 bridgehead atoms. The highest BCUT2D eigenvalue weighted by atomic mass is 32.1. The lowest BCUT2D eigenvalue weighted by molar-refractivity contribution is -0.144. The van der Waals surface area contributed by atoms with Gasteiger partial charge in [0.15, 0.2) is 0 Å². The highest BCUT2D eigenvalue weighted by Gasteiger charge is 2.44. The highest BCUT2D eigenvalue weighted by molar-refractivity contribution is 7.13. The van der Waals surface area contributed by atoms with E-state index >= 15 is 0 Å². The molecule has 6 amide bonds. The first-order chi connectivity index (χ1) is 36.1. The summed E-state index contributed by atoms with van der Waals surface area (Å²) in [6.45, 7) is 12.3. The molecule has 404 valence electrons. The molecular formula is C56H74N8O10S. The molecule has 6 rings (SSSR count). The van der Waals surface area contributed by atoms with Crippen molar-refractivity contribution in [3.8, 4) is 10.4 Å². The Labute approximate surface area is 444 Å². The van der Waals surface area contributed by atoms with Gasteiger partial charge >= 0.3 is 0 Å². The summed E-state index contributed by atoms with van der Waals surface area (Å²) >= 11 is 1.57. The number of nitrogens with one attached hydrogen (secondary N) is 4. The van der Waals surface area contributed by atoms with Gasteiger partial charge in [-0.05, 0) is 97.5 Å². The predicted molar refractivity (Wildman–Crippen MR) is 286 cm³/mol. The van der Waals surface area contributed by atoms with E-state index < -0.39 is 35.4 Å². The van der Waals surface area contributed by atoms with Crippen molar-refractivity contribution >= 4 is 52.9 Å². The van der Waals surface area contributed by atoms with Gasteiger partial charge in [0.05, 0.1) is 61.3 Å². The Morgan fingerprint density at radius 3 is 2.21 bits per heavy atom. The van der Waals surface area contributed by atoms with Crippen molar-refractivity contribution in [1.82, 2.24) is 41.0 Å². The lowest BCUT2D eigenvalue weighted by atomic mass is 9.85. The zero-order valence-corrected chi connectivity index (χ0v) is 44.7. The molecule has 0 saturated carbocycles. The molecule has 4 heterocycles. The Bertz CT molecular complexity index is 2510. The summed E-state index contributed by atoms with van der Waals surface area (Å²) in [7, 11) is 0. The number of aliphatic hydroxyl groups is 1. The number of β-amino-alcohol motifs (C(OH)–C–C–N with tert-alkyl or cyclic N) is 1. The second kappa shape index (κ2) is 29.1. The van der Waals surface area contributed by atoms with Crippen molar-refractivity contribution in [1.29, 1.82) is 0 Å². The van der Waals surface area contributed by atoms with Crippen LogP contribution < -0.4 is 21.3 Å². The van der Waals surface area contributed by atoms with E-state index in [1.54, 1.807) is 54.1 Å². The number of carbonyl (C=O) groups excluding carboxylic acids is 6. The van der Waals surface area contributed by atoms with Gasteiger partial charge in [-0.25, -0.2) is 4.98 Å². The SMILES string of the molecule is Cc1ncsc1-c1ccc([C@H](C)NC(=O)[C@H]2C[C@H](O)CN2C(=O)[C@@H](NC(=O)COCCOCCOCCNC(=O)c2ccc(C(=O)N3CCC(CCCCNC(=O)/C=C/c4cccnc4)CC3)cc2)C(C)(C)C)cc1. The molecule has 4 atom stereocenters. The smallest absolute Gasteiger partial charge is 0.253 e. The molecule has 2 fully saturated rings. The largest absolute Gasteiger partial charge is 0.391 e. The summed E-state index contributed by atoms with van der Waals surface area (Å²) in [5.41, 5.74) is 5.82. The number of carbonyl (C=O) groups is 6. The van der Waals surface area contributed by atoms with Crippen molar-refractivity contribution in [3.05, 3.63) is 113 Å². The third-order valence-electron chi connectivity index (χ3n) is 13.3. The van der Waals surface area contributed by atoms with Gasteiger partial charge in [-0.3, -0.25) is 33.8 Å². The summed E-state index contributed by atoms with van der Waals surface area (Å²) in [6.07, 6.45) is 10.7. The lowest BCUT2D eigenvalue weighted by Crippen LogP contribution is -2.58. The van der Waals surface area contributed by atoms with Crippen molar-refractivity contribution in [2.45, 2.75) is 97.4 Å². The molecule has 75 heavy (non-hydrogen) atoms. The van der Waals surface area contributed by atoms with Crippen LogP contribution in [0.5, 0.6) is 0 Å². The highest BCUT2D eigenvalue weighted by Crippen LogP contribution is 2.30. The number of amides is 6. The molecule has 4 aromatic rings. The number of thiazole rings is 1. The maximum absolute atomic E-state index is 14.0. The zero-order valence-electron chi connectivity index (χ0n) is 43.9. The number of benzene rings is 2. The number of hydrogen-bond acceptors (Lipinski definition) is 13. The minimum atomic E-state index is -0.992. The third kappa shape index (κ3) is 18.2. The van der Waals surface area contributed by atoms with E-state index in [9.17, 15) is 33.9 Å². The van der Waals surface area contributed by atoms with E-state index in [1.807, 2.05) is 81.4 Å². The first-order valence-electron chi connectivity index (χ1n) is 25.9. The molecule has 0 unspecified atom stereocenters. The normalized spacial score (nSPS) is 16.9. The number of nitrogens with zero attached hydrogens (tertiary/aromatic N) is 4. The van der Waals surface area contributed by atoms with Crippen molar-refractivity contribution in [2.75, 3.05) is 72.4 Å². The number of ether oxygens (including phenoxy) is 3. The second-order valence-electron chi connectivity index (χ2n) is 20.1. The Kier molecular flexibility index (Phi) is 22.4. The Morgan fingerprint density at radius 2 is 1.55 bits per heavy atom. The minimum Gasteiger partial charge on any atom is -0.391 e. The summed E-state index contributed by atoms with van der Waals surface area (Å²) in [6, 6.07) is 16.0. The number of pyridine rings is 1. The standard InChI is InChI=1S/C56H74N8O10S/c1-38(42-12-14-43(15-13-42)50-39(2)60-37-75-50)61-53(69)47-33-46(65)35-64(47)55(71)51(56(3,4)5)62-49(67)36-74-32-31-73-30-29-72-28-25-59-52(68)44-16-18-45(19-17-44)54(70)63-26-21-40(22-27-63)9-6-7-24-58-48(66)20-11-41-10-8-23-57-34-41/h8,10-20,23,34,37-38,40,46-47,51,65H,6-7,9,21-22,24-33,35-36H2,1-5H3,(H,58,66)(H,59,68)(H,61,69)(H,62,67)/b20-11+/t38-,46-,47+,51+/m0/s1. The van der Waals surface area contributed by atoms with E-state index in [1.165, 1.54) is 11.0 Å². The second-order valence-corrected chi connectivity index (χ2v) is 21.0. The van der Waals surface area contributed by atoms with E-state index in [-0.39, 0.29) is 88.8 Å². The van der Waals surface area contributed by atoms with Gasteiger partial charge in [0.2, 0.25) is 23.6 Å². The first-order valence-corrected chi connectivity index (χ1v) is 26.8. The van der Waals surface area contributed by atoms with Crippen molar-refractivity contribution in [3.63, 3.8) is 0 Å². The van der Waals surface area contributed by atoms with Crippen molar-refractivity contribution < 1.29 is 48.1 Å². The number of aromatic nitrogens is 2. The van der Waals surface area contributed by atoms with Gasteiger partial charge in [0.25, 0.3) is 11.8 Å². The van der Waals surface area contributed by atoms with Gasteiger partial charge in [0, 0.05) is 68.7 Å². The van der Waals surface area contributed by atoms with Gasteiger partial charge in [-0.1, -0.05) is 63.9 Å². The molecule has 0 aliphatic carbocycles. The molecule has 19 heteroatoms. The molecule has 2 aliphatic rings. The van der Waals surface area contributed by atoms with E-state index in [2.05, 4.69) is 31.2 Å². The quantitative estimate of drug-likeness (QED) is 0.0387. The van der Waals surface area contributed by atoms with Gasteiger partial charge in [0.1, 0.15) is 18.7 Å². The van der Waals surface area contributed by atoms with Crippen LogP contribution >= 0.6 is 11.3 Å². The van der Waals surface area contributed by atoms with E-state index in [4.69, 9.17) is 14.2 Å². The Balaban J connectivity index is 0.788. The number of aliphatic hydroxyl groups excluding tert-OH is 1. The fourth-order valence-electron chi connectivity index (χ4n) is 9.01. The van der Waals surface area contributed by atoms with Crippen LogP contribution in [0, 0.1) is 18.3 Å².